The molecule has 1 amide bonds. The molecule has 5 unspecified atom stereocenters. The first-order valence-electron chi connectivity index (χ1n) is 7.87. The van der Waals surface area contributed by atoms with Gasteiger partial charge in [-0.25, -0.2) is 0 Å². The largest absolute Gasteiger partial charge is 0.467 e. The lowest BCUT2D eigenvalue weighted by Crippen LogP contribution is -2.61. The Bertz CT molecular complexity index is 598. The van der Waals surface area contributed by atoms with Crippen molar-refractivity contribution in [2.24, 2.45) is 23.7 Å². The second kappa shape index (κ2) is 3.57. The van der Waals surface area contributed by atoms with Crippen LogP contribution in [0.1, 0.15) is 42.5 Å². The van der Waals surface area contributed by atoms with E-state index < -0.39 is 5.72 Å². The van der Waals surface area contributed by atoms with Gasteiger partial charge in [0.25, 0.3) is 5.91 Å². The Morgan fingerprint density at radius 3 is 3.00 bits per heavy atom. The average Bonchev–Trinajstić information content (AvgIpc) is 3.10. The number of carbonyl (C=O) groups excluding carboxylic acids is 1. The van der Waals surface area contributed by atoms with E-state index in [4.69, 9.17) is 4.74 Å². The molecule has 1 N–H and O–H groups in total. The average molecular weight is 269 g/mol. The van der Waals surface area contributed by atoms with Crippen molar-refractivity contribution in [2.45, 2.75) is 37.8 Å². The van der Waals surface area contributed by atoms with E-state index in [0.29, 0.717) is 11.5 Å². The van der Waals surface area contributed by atoms with Crippen LogP contribution in [0.2, 0.25) is 0 Å². The van der Waals surface area contributed by atoms with Crippen LogP contribution in [0.15, 0.2) is 24.3 Å². The number of fused-ring (bicyclic) bond motifs is 7. The van der Waals surface area contributed by atoms with Gasteiger partial charge >= 0.3 is 0 Å². The quantitative estimate of drug-likeness (QED) is 0.786. The van der Waals surface area contributed by atoms with Crippen molar-refractivity contribution in [1.82, 2.24) is 5.32 Å². The van der Waals surface area contributed by atoms with Crippen LogP contribution in [0.4, 0.5) is 0 Å². The Kier molecular flexibility index (Phi) is 2.00. The molecule has 4 aliphatic rings. The molecule has 3 heteroatoms. The van der Waals surface area contributed by atoms with Crippen molar-refractivity contribution < 1.29 is 9.53 Å². The maximum Gasteiger partial charge on any atom is 0.258 e. The zero-order chi connectivity index (χ0) is 13.3. The van der Waals surface area contributed by atoms with E-state index in [2.05, 4.69) is 5.32 Å². The molecule has 1 aromatic carbocycles. The van der Waals surface area contributed by atoms with Crippen LogP contribution in [0.5, 0.6) is 5.75 Å². The lowest BCUT2D eigenvalue weighted by molar-refractivity contribution is -0.0509. The summed E-state index contributed by atoms with van der Waals surface area (Å²) in [6.07, 6.45) is 6.35. The molecule has 0 aromatic heterocycles. The van der Waals surface area contributed by atoms with Gasteiger partial charge in [0.05, 0.1) is 5.56 Å². The molecule has 1 heterocycles. The van der Waals surface area contributed by atoms with Gasteiger partial charge in [-0.15, -0.1) is 0 Å². The Hall–Kier alpha value is -1.51. The molecular weight excluding hydrogens is 250 g/mol. The van der Waals surface area contributed by atoms with Crippen LogP contribution < -0.4 is 10.1 Å². The van der Waals surface area contributed by atoms with E-state index in [1.54, 1.807) is 0 Å². The Labute approximate surface area is 118 Å². The first-order chi connectivity index (χ1) is 9.77. The lowest BCUT2D eigenvalue weighted by Gasteiger charge is -2.45. The molecule has 3 aliphatic carbocycles. The minimum absolute atomic E-state index is 0.0500. The molecule has 2 bridgehead atoms. The van der Waals surface area contributed by atoms with Crippen molar-refractivity contribution in [2.75, 3.05) is 0 Å². The number of nitrogens with one attached hydrogen (secondary N) is 1. The van der Waals surface area contributed by atoms with Gasteiger partial charge in [0, 0.05) is 12.3 Å². The van der Waals surface area contributed by atoms with Crippen LogP contribution in [0.25, 0.3) is 0 Å². The highest BCUT2D eigenvalue weighted by Crippen LogP contribution is 2.63. The maximum atomic E-state index is 12.4. The predicted octanol–water partition coefficient (Wildman–Crippen LogP) is 2.96. The summed E-state index contributed by atoms with van der Waals surface area (Å²) in [5.74, 6) is 3.80. The third kappa shape index (κ3) is 1.24. The number of para-hydroxylation sites is 1. The van der Waals surface area contributed by atoms with Crippen molar-refractivity contribution in [3.63, 3.8) is 0 Å². The highest BCUT2D eigenvalue weighted by Gasteiger charge is 2.64. The van der Waals surface area contributed by atoms with Crippen LogP contribution >= 0.6 is 0 Å². The van der Waals surface area contributed by atoms with Gasteiger partial charge in [0.1, 0.15) is 5.75 Å². The van der Waals surface area contributed by atoms with Gasteiger partial charge in [0.2, 0.25) is 0 Å². The van der Waals surface area contributed by atoms with Gasteiger partial charge in [0.15, 0.2) is 5.72 Å². The minimum atomic E-state index is -0.401. The van der Waals surface area contributed by atoms with Crippen LogP contribution in [0, 0.1) is 23.7 Å². The normalized spacial score (nSPS) is 44.1. The van der Waals surface area contributed by atoms with E-state index in [-0.39, 0.29) is 5.91 Å². The van der Waals surface area contributed by atoms with Crippen molar-refractivity contribution >= 4 is 5.91 Å². The summed E-state index contributed by atoms with van der Waals surface area (Å²) in [5, 5.41) is 3.23. The molecule has 0 saturated heterocycles. The number of amides is 1. The SMILES string of the molecule is O=C1NC2(CC3CC2C2CCCC32)Oc2ccccc21. The van der Waals surface area contributed by atoms with Crippen molar-refractivity contribution in [1.29, 1.82) is 0 Å². The van der Waals surface area contributed by atoms with Gasteiger partial charge in [-0.3, -0.25) is 4.79 Å². The zero-order valence-electron chi connectivity index (χ0n) is 11.5. The third-order valence-electron chi connectivity index (χ3n) is 6.22. The molecule has 3 nitrogen and oxygen atoms in total. The van der Waals surface area contributed by atoms with Crippen LogP contribution in [-0.2, 0) is 0 Å². The first-order valence-corrected chi connectivity index (χ1v) is 7.87. The van der Waals surface area contributed by atoms with Crippen molar-refractivity contribution in [3.8, 4) is 5.75 Å². The van der Waals surface area contributed by atoms with Gasteiger partial charge in [-0.1, -0.05) is 18.6 Å². The Balaban J connectivity index is 1.56. The molecule has 20 heavy (non-hydrogen) atoms. The molecule has 3 saturated carbocycles. The number of rotatable bonds is 0. The Morgan fingerprint density at radius 1 is 1.20 bits per heavy atom. The summed E-state index contributed by atoms with van der Waals surface area (Å²) in [6.45, 7) is 0. The maximum absolute atomic E-state index is 12.4. The van der Waals surface area contributed by atoms with Gasteiger partial charge < -0.3 is 10.1 Å². The summed E-state index contributed by atoms with van der Waals surface area (Å²) in [4.78, 5) is 12.4. The monoisotopic (exact) mass is 269 g/mol. The second-order valence-corrected chi connectivity index (χ2v) is 7.01. The van der Waals surface area contributed by atoms with E-state index >= 15 is 0 Å². The fourth-order valence-electron chi connectivity index (χ4n) is 5.58. The van der Waals surface area contributed by atoms with Crippen LogP contribution in [0.3, 0.4) is 0 Å². The smallest absolute Gasteiger partial charge is 0.258 e. The molecule has 104 valence electrons. The van der Waals surface area contributed by atoms with E-state index in [0.717, 1.165) is 29.9 Å². The van der Waals surface area contributed by atoms with Crippen molar-refractivity contribution in [3.05, 3.63) is 29.8 Å². The standard InChI is InChI=1S/C17H19NO2/c19-16-13-4-1-2-7-15(13)20-17(18-16)9-10-8-14(17)12-6-3-5-11(10)12/h1-2,4,7,10-12,14H,3,5-6,8-9H2,(H,18,19). The number of carbonyl (C=O) groups is 1. The molecular formula is C17H19NO2. The lowest BCUT2D eigenvalue weighted by atomic mass is 9.76. The number of hydrogen-bond acceptors (Lipinski definition) is 2. The van der Waals surface area contributed by atoms with E-state index in [1.807, 2.05) is 24.3 Å². The molecule has 5 rings (SSSR count). The summed E-state index contributed by atoms with van der Waals surface area (Å²) in [5.41, 5.74) is 0.283. The number of benzene rings is 1. The molecule has 5 atom stereocenters. The molecule has 1 spiro atoms. The first kappa shape index (κ1) is 11.2. The minimum Gasteiger partial charge on any atom is -0.467 e. The van der Waals surface area contributed by atoms with Gasteiger partial charge in [-0.2, -0.15) is 0 Å². The third-order valence-corrected chi connectivity index (χ3v) is 6.22. The topological polar surface area (TPSA) is 38.3 Å². The second-order valence-electron chi connectivity index (χ2n) is 7.01. The summed E-state index contributed by atoms with van der Waals surface area (Å²) in [6, 6.07) is 7.64. The van der Waals surface area contributed by atoms with E-state index in [1.165, 1.54) is 25.7 Å². The molecule has 3 fully saturated rings. The fourth-order valence-corrected chi connectivity index (χ4v) is 5.58. The summed E-state index contributed by atoms with van der Waals surface area (Å²) < 4.78 is 6.36. The predicted molar refractivity (Wildman–Crippen MR) is 74.3 cm³/mol. The summed E-state index contributed by atoms with van der Waals surface area (Å²) in [7, 11) is 0. The molecule has 0 radical (unpaired) electrons. The highest BCUT2D eigenvalue weighted by molar-refractivity contribution is 5.98. The highest BCUT2D eigenvalue weighted by atomic mass is 16.5. The Morgan fingerprint density at radius 2 is 2.05 bits per heavy atom. The van der Waals surface area contributed by atoms with Gasteiger partial charge in [-0.05, 0) is 49.1 Å². The van der Waals surface area contributed by atoms with Crippen LogP contribution in [-0.4, -0.2) is 11.6 Å². The number of hydrogen-bond donors (Lipinski definition) is 1. The fraction of sp³-hybridized carbons (Fsp3) is 0.588. The molecule has 1 aliphatic heterocycles. The number of ether oxygens (including phenoxy) is 1. The summed E-state index contributed by atoms with van der Waals surface area (Å²) >= 11 is 0. The molecule has 1 aromatic rings. The van der Waals surface area contributed by atoms with E-state index in [9.17, 15) is 4.79 Å². The zero-order valence-corrected chi connectivity index (χ0v) is 11.5.